The third-order valence-corrected chi connectivity index (χ3v) is 4.80. The van der Waals surface area contributed by atoms with Gasteiger partial charge in [0.1, 0.15) is 5.54 Å². The van der Waals surface area contributed by atoms with E-state index in [1.165, 1.54) is 0 Å². The summed E-state index contributed by atoms with van der Waals surface area (Å²) in [4.78, 5) is 26.3. The van der Waals surface area contributed by atoms with E-state index in [9.17, 15) is 9.59 Å². The number of hydrogen-bond acceptors (Lipinski definition) is 3. The SMILES string of the molecule is CCc1cc(CN2C(=O)NC(=O)C23CCCCC3)n(C)n1. The molecule has 6 heteroatoms. The third-order valence-electron chi connectivity index (χ3n) is 4.80. The summed E-state index contributed by atoms with van der Waals surface area (Å²) in [6.45, 7) is 2.50. The van der Waals surface area contributed by atoms with Crippen molar-refractivity contribution < 1.29 is 9.59 Å². The zero-order valence-electron chi connectivity index (χ0n) is 12.7. The van der Waals surface area contributed by atoms with Crippen LogP contribution in [0.25, 0.3) is 0 Å². The van der Waals surface area contributed by atoms with Crippen LogP contribution in [0.1, 0.15) is 50.4 Å². The first-order chi connectivity index (χ1) is 10.1. The molecule has 0 radical (unpaired) electrons. The topological polar surface area (TPSA) is 67.2 Å². The Morgan fingerprint density at radius 3 is 2.62 bits per heavy atom. The molecular weight excluding hydrogens is 268 g/mol. The van der Waals surface area contributed by atoms with Gasteiger partial charge in [0.05, 0.1) is 17.9 Å². The van der Waals surface area contributed by atoms with Crippen molar-refractivity contribution in [2.45, 2.75) is 57.5 Å². The first kappa shape index (κ1) is 14.1. The van der Waals surface area contributed by atoms with E-state index >= 15 is 0 Å². The van der Waals surface area contributed by atoms with Crippen molar-refractivity contribution in [3.8, 4) is 0 Å². The number of imide groups is 1. The van der Waals surface area contributed by atoms with Crippen molar-refractivity contribution in [2.75, 3.05) is 0 Å². The molecule has 3 amide bonds. The number of aryl methyl sites for hydroxylation is 2. The largest absolute Gasteiger partial charge is 0.325 e. The van der Waals surface area contributed by atoms with Crippen LogP contribution >= 0.6 is 0 Å². The predicted molar refractivity (Wildman–Crippen MR) is 77.5 cm³/mol. The zero-order valence-corrected chi connectivity index (χ0v) is 12.7. The molecule has 0 unspecified atom stereocenters. The van der Waals surface area contributed by atoms with Crippen LogP contribution in [-0.2, 0) is 24.8 Å². The molecule has 1 saturated heterocycles. The summed E-state index contributed by atoms with van der Waals surface area (Å²) < 4.78 is 1.81. The molecule has 21 heavy (non-hydrogen) atoms. The molecule has 1 N–H and O–H groups in total. The number of nitrogens with zero attached hydrogens (tertiary/aromatic N) is 3. The number of carbonyl (C=O) groups excluding carboxylic acids is 2. The summed E-state index contributed by atoms with van der Waals surface area (Å²) in [6.07, 6.45) is 5.55. The van der Waals surface area contributed by atoms with Crippen LogP contribution in [0.3, 0.4) is 0 Å². The monoisotopic (exact) mass is 290 g/mol. The molecule has 0 atom stereocenters. The molecule has 114 valence electrons. The van der Waals surface area contributed by atoms with Crippen molar-refractivity contribution in [1.29, 1.82) is 0 Å². The van der Waals surface area contributed by atoms with Gasteiger partial charge in [0, 0.05) is 7.05 Å². The summed E-state index contributed by atoms with van der Waals surface area (Å²) in [6, 6.07) is 1.76. The molecule has 1 aliphatic heterocycles. The summed E-state index contributed by atoms with van der Waals surface area (Å²) >= 11 is 0. The highest BCUT2D eigenvalue weighted by Crippen LogP contribution is 2.38. The van der Waals surface area contributed by atoms with E-state index < -0.39 is 5.54 Å². The first-order valence-corrected chi connectivity index (χ1v) is 7.71. The molecule has 1 saturated carbocycles. The van der Waals surface area contributed by atoms with Crippen LogP contribution in [0, 0.1) is 0 Å². The Morgan fingerprint density at radius 1 is 1.29 bits per heavy atom. The van der Waals surface area contributed by atoms with Gasteiger partial charge in [-0.25, -0.2) is 4.79 Å². The number of hydrogen-bond donors (Lipinski definition) is 1. The lowest BCUT2D eigenvalue weighted by molar-refractivity contribution is -0.128. The minimum atomic E-state index is -0.633. The van der Waals surface area contributed by atoms with Gasteiger partial charge in [0.15, 0.2) is 0 Å². The molecular formula is C15H22N4O2. The van der Waals surface area contributed by atoms with Gasteiger partial charge >= 0.3 is 6.03 Å². The maximum atomic E-state index is 12.3. The second-order valence-corrected chi connectivity index (χ2v) is 6.04. The molecule has 6 nitrogen and oxygen atoms in total. The van der Waals surface area contributed by atoms with Gasteiger partial charge < -0.3 is 4.90 Å². The lowest BCUT2D eigenvalue weighted by Gasteiger charge is -2.38. The van der Waals surface area contributed by atoms with E-state index in [0.29, 0.717) is 6.54 Å². The van der Waals surface area contributed by atoms with Gasteiger partial charge in [-0.05, 0) is 25.3 Å². The number of urea groups is 1. The molecule has 2 aliphatic rings. The van der Waals surface area contributed by atoms with Gasteiger partial charge in [-0.3, -0.25) is 14.8 Å². The van der Waals surface area contributed by atoms with E-state index in [-0.39, 0.29) is 11.9 Å². The Labute approximate surface area is 124 Å². The smallest absolute Gasteiger partial charge is 0.304 e. The molecule has 1 spiro atoms. The third kappa shape index (κ3) is 2.22. The molecule has 2 fully saturated rings. The standard InChI is InChI=1S/C15H22N4O2/c1-3-11-9-12(18(2)17-11)10-19-14(21)16-13(20)15(19)7-5-4-6-8-15/h9H,3-8,10H2,1-2H3,(H,16,20,21). The van der Waals surface area contributed by atoms with Crippen LogP contribution in [0.15, 0.2) is 6.07 Å². The lowest BCUT2D eigenvalue weighted by Crippen LogP contribution is -2.50. The number of rotatable bonds is 3. The highest BCUT2D eigenvalue weighted by molar-refractivity contribution is 6.07. The Kier molecular flexibility index (Phi) is 3.47. The number of aromatic nitrogens is 2. The maximum absolute atomic E-state index is 12.3. The van der Waals surface area contributed by atoms with Crippen LogP contribution < -0.4 is 5.32 Å². The quantitative estimate of drug-likeness (QED) is 0.862. The first-order valence-electron chi connectivity index (χ1n) is 7.71. The molecule has 1 aromatic rings. The Morgan fingerprint density at radius 2 is 2.00 bits per heavy atom. The van der Waals surface area contributed by atoms with Gasteiger partial charge in [0.25, 0.3) is 5.91 Å². The highest BCUT2D eigenvalue weighted by atomic mass is 16.2. The number of nitrogens with one attached hydrogen (secondary N) is 1. The molecule has 1 aliphatic carbocycles. The molecule has 3 rings (SSSR count). The predicted octanol–water partition coefficient (Wildman–Crippen LogP) is 1.74. The van der Waals surface area contributed by atoms with E-state index in [0.717, 1.165) is 49.9 Å². The summed E-state index contributed by atoms with van der Waals surface area (Å²) in [5.74, 6) is -0.120. The second-order valence-electron chi connectivity index (χ2n) is 6.04. The van der Waals surface area contributed by atoms with Crippen LogP contribution in [0.4, 0.5) is 4.79 Å². The van der Waals surface area contributed by atoms with Crippen molar-refractivity contribution in [3.63, 3.8) is 0 Å². The molecule has 0 aromatic carbocycles. The van der Waals surface area contributed by atoms with Crippen molar-refractivity contribution >= 4 is 11.9 Å². The van der Waals surface area contributed by atoms with E-state index in [1.807, 2.05) is 17.8 Å². The minimum Gasteiger partial charge on any atom is -0.304 e. The molecule has 0 bridgehead atoms. The van der Waals surface area contributed by atoms with Crippen molar-refractivity contribution in [1.82, 2.24) is 20.0 Å². The molecule has 2 heterocycles. The summed E-state index contributed by atoms with van der Waals surface area (Å²) in [5.41, 5.74) is 1.35. The van der Waals surface area contributed by atoms with Gasteiger partial charge in [-0.15, -0.1) is 0 Å². The van der Waals surface area contributed by atoms with E-state index in [2.05, 4.69) is 17.3 Å². The van der Waals surface area contributed by atoms with Gasteiger partial charge in [-0.2, -0.15) is 5.10 Å². The normalized spacial score (nSPS) is 21.1. The minimum absolute atomic E-state index is 0.120. The molecule has 1 aromatic heterocycles. The zero-order chi connectivity index (χ0) is 15.0. The van der Waals surface area contributed by atoms with Crippen molar-refractivity contribution in [3.05, 3.63) is 17.5 Å². The summed E-state index contributed by atoms with van der Waals surface area (Å²) in [7, 11) is 1.89. The fourth-order valence-corrected chi connectivity index (χ4v) is 3.51. The van der Waals surface area contributed by atoms with E-state index in [4.69, 9.17) is 0 Å². The number of carbonyl (C=O) groups is 2. The average Bonchev–Trinajstić information content (AvgIpc) is 2.94. The van der Waals surface area contributed by atoms with Gasteiger partial charge in [-0.1, -0.05) is 26.2 Å². The van der Waals surface area contributed by atoms with Crippen LogP contribution in [0.2, 0.25) is 0 Å². The van der Waals surface area contributed by atoms with Gasteiger partial charge in [0.2, 0.25) is 0 Å². The Hall–Kier alpha value is -1.85. The number of amides is 3. The van der Waals surface area contributed by atoms with Crippen LogP contribution in [-0.4, -0.2) is 32.2 Å². The fraction of sp³-hybridized carbons (Fsp3) is 0.667. The summed E-state index contributed by atoms with van der Waals surface area (Å²) in [5, 5.41) is 6.93. The maximum Gasteiger partial charge on any atom is 0.325 e. The Bertz CT molecular complexity index is 572. The van der Waals surface area contributed by atoms with Crippen molar-refractivity contribution in [2.24, 2.45) is 7.05 Å². The fourth-order valence-electron chi connectivity index (χ4n) is 3.51. The lowest BCUT2D eigenvalue weighted by atomic mass is 9.80. The van der Waals surface area contributed by atoms with Crippen LogP contribution in [0.5, 0.6) is 0 Å². The van der Waals surface area contributed by atoms with E-state index in [1.54, 1.807) is 4.90 Å². The highest BCUT2D eigenvalue weighted by Gasteiger charge is 2.52. The average molecular weight is 290 g/mol. The Balaban J connectivity index is 1.89. The second kappa shape index (κ2) is 5.16.